The van der Waals surface area contributed by atoms with Gasteiger partial charge in [-0.3, -0.25) is 4.79 Å². The number of nitrogens with one attached hydrogen (secondary N) is 2. The SMILES string of the molecule is CNC1(C)CCCc2[nH]c(=O)ccc21. The summed E-state index contributed by atoms with van der Waals surface area (Å²) in [6.45, 7) is 2.18. The predicted molar refractivity (Wildman–Crippen MR) is 56.4 cm³/mol. The van der Waals surface area contributed by atoms with Crippen LogP contribution in [0.3, 0.4) is 0 Å². The van der Waals surface area contributed by atoms with Crippen LogP contribution in [0.15, 0.2) is 16.9 Å². The molecule has 1 heterocycles. The fraction of sp³-hybridized carbons (Fsp3) is 0.545. The molecule has 1 aliphatic rings. The number of aromatic nitrogens is 1. The summed E-state index contributed by atoms with van der Waals surface area (Å²) in [6, 6.07) is 3.56. The maximum Gasteiger partial charge on any atom is 0.248 e. The van der Waals surface area contributed by atoms with Crippen molar-refractivity contribution in [3.05, 3.63) is 33.7 Å². The van der Waals surface area contributed by atoms with Gasteiger partial charge >= 0.3 is 0 Å². The van der Waals surface area contributed by atoms with Crippen LogP contribution in [0, 0.1) is 0 Å². The van der Waals surface area contributed by atoms with E-state index in [2.05, 4.69) is 17.2 Å². The Kier molecular flexibility index (Phi) is 2.19. The summed E-state index contributed by atoms with van der Waals surface area (Å²) < 4.78 is 0. The largest absolute Gasteiger partial charge is 0.326 e. The Morgan fingerprint density at radius 1 is 1.50 bits per heavy atom. The second-order valence-electron chi connectivity index (χ2n) is 4.15. The van der Waals surface area contributed by atoms with E-state index in [4.69, 9.17) is 0 Å². The Morgan fingerprint density at radius 3 is 3.00 bits per heavy atom. The van der Waals surface area contributed by atoms with Crippen LogP contribution in [-0.2, 0) is 12.0 Å². The minimum atomic E-state index is 0.00380. The summed E-state index contributed by atoms with van der Waals surface area (Å²) in [6.07, 6.45) is 3.25. The minimum Gasteiger partial charge on any atom is -0.326 e. The Balaban J connectivity index is 2.55. The van der Waals surface area contributed by atoms with Gasteiger partial charge in [-0.25, -0.2) is 0 Å². The zero-order chi connectivity index (χ0) is 10.2. The van der Waals surface area contributed by atoms with E-state index >= 15 is 0 Å². The third-order valence-electron chi connectivity index (χ3n) is 3.25. The van der Waals surface area contributed by atoms with Crippen molar-refractivity contribution >= 4 is 0 Å². The van der Waals surface area contributed by atoms with Crippen LogP contribution in [0.1, 0.15) is 31.0 Å². The number of hydrogen-bond acceptors (Lipinski definition) is 2. The molecule has 0 bridgehead atoms. The molecule has 1 aromatic heterocycles. The summed E-state index contributed by atoms with van der Waals surface area (Å²) in [5.41, 5.74) is 2.37. The van der Waals surface area contributed by atoms with Crippen LogP contribution in [0.5, 0.6) is 0 Å². The summed E-state index contributed by atoms with van der Waals surface area (Å²) >= 11 is 0. The second-order valence-corrected chi connectivity index (χ2v) is 4.15. The van der Waals surface area contributed by atoms with Gasteiger partial charge in [0.05, 0.1) is 0 Å². The van der Waals surface area contributed by atoms with Gasteiger partial charge in [-0.1, -0.05) is 0 Å². The van der Waals surface area contributed by atoms with Crippen LogP contribution in [0.2, 0.25) is 0 Å². The Hall–Kier alpha value is -1.09. The molecule has 0 aliphatic heterocycles. The van der Waals surface area contributed by atoms with Crippen molar-refractivity contribution in [2.45, 2.75) is 31.7 Å². The van der Waals surface area contributed by atoms with Gasteiger partial charge in [-0.05, 0) is 44.9 Å². The molecule has 0 amide bonds. The molecule has 14 heavy (non-hydrogen) atoms. The van der Waals surface area contributed by atoms with Crippen molar-refractivity contribution in [3.8, 4) is 0 Å². The number of hydrogen-bond donors (Lipinski definition) is 2. The molecule has 3 nitrogen and oxygen atoms in total. The number of H-pyrrole nitrogens is 1. The normalized spacial score (nSPS) is 25.9. The van der Waals surface area contributed by atoms with Gasteiger partial charge in [0.25, 0.3) is 0 Å². The maximum absolute atomic E-state index is 11.2. The Bertz CT molecular complexity index is 397. The van der Waals surface area contributed by atoms with Crippen molar-refractivity contribution in [1.82, 2.24) is 10.3 Å². The molecule has 1 aliphatic carbocycles. The average molecular weight is 192 g/mol. The molecule has 0 saturated heterocycles. The first kappa shape index (κ1) is 9.46. The third-order valence-corrected chi connectivity index (χ3v) is 3.25. The van der Waals surface area contributed by atoms with Crippen LogP contribution in [0.25, 0.3) is 0 Å². The Labute approximate surface area is 83.5 Å². The molecule has 0 fully saturated rings. The molecule has 76 valence electrons. The minimum absolute atomic E-state index is 0.00380. The summed E-state index contributed by atoms with van der Waals surface area (Å²) in [4.78, 5) is 14.1. The van der Waals surface area contributed by atoms with E-state index in [1.807, 2.05) is 13.1 Å². The molecular formula is C11H16N2O. The molecule has 0 radical (unpaired) electrons. The van der Waals surface area contributed by atoms with E-state index in [0.717, 1.165) is 25.0 Å². The fourth-order valence-corrected chi connectivity index (χ4v) is 2.24. The van der Waals surface area contributed by atoms with Crippen LogP contribution in [-0.4, -0.2) is 12.0 Å². The second kappa shape index (κ2) is 3.24. The summed E-state index contributed by atoms with van der Waals surface area (Å²) in [7, 11) is 1.97. The van der Waals surface area contributed by atoms with Gasteiger partial charge in [0.1, 0.15) is 0 Å². The molecule has 1 atom stereocenters. The molecule has 0 aromatic carbocycles. The molecule has 2 N–H and O–H groups in total. The number of fused-ring (bicyclic) bond motifs is 1. The first-order valence-corrected chi connectivity index (χ1v) is 5.07. The lowest BCUT2D eigenvalue weighted by molar-refractivity contribution is 0.334. The zero-order valence-electron chi connectivity index (χ0n) is 8.68. The summed E-state index contributed by atoms with van der Waals surface area (Å²) in [5.74, 6) is 0. The zero-order valence-corrected chi connectivity index (χ0v) is 8.68. The lowest BCUT2D eigenvalue weighted by Gasteiger charge is -2.35. The van der Waals surface area contributed by atoms with Crippen LogP contribution < -0.4 is 10.9 Å². The highest BCUT2D eigenvalue weighted by Crippen LogP contribution is 2.32. The van der Waals surface area contributed by atoms with Crippen molar-refractivity contribution in [2.24, 2.45) is 0 Å². The van der Waals surface area contributed by atoms with Gasteiger partial charge in [0.15, 0.2) is 0 Å². The van der Waals surface area contributed by atoms with E-state index < -0.39 is 0 Å². The van der Waals surface area contributed by atoms with Gasteiger partial charge < -0.3 is 10.3 Å². The van der Waals surface area contributed by atoms with Gasteiger partial charge in [-0.2, -0.15) is 0 Å². The number of pyridine rings is 1. The van der Waals surface area contributed by atoms with E-state index in [1.54, 1.807) is 6.07 Å². The number of rotatable bonds is 1. The molecule has 2 rings (SSSR count). The van der Waals surface area contributed by atoms with Gasteiger partial charge in [0, 0.05) is 17.3 Å². The average Bonchev–Trinajstić information content (AvgIpc) is 2.18. The van der Waals surface area contributed by atoms with Gasteiger partial charge in [0.2, 0.25) is 5.56 Å². The predicted octanol–water partition coefficient (Wildman–Crippen LogP) is 1.15. The summed E-state index contributed by atoms with van der Waals surface area (Å²) in [5, 5.41) is 3.33. The first-order chi connectivity index (χ1) is 6.65. The van der Waals surface area contributed by atoms with E-state index in [1.165, 1.54) is 5.56 Å². The molecular weight excluding hydrogens is 176 g/mol. The van der Waals surface area contributed by atoms with Crippen LogP contribution >= 0.6 is 0 Å². The molecule has 0 spiro atoms. The van der Waals surface area contributed by atoms with E-state index in [0.29, 0.717) is 0 Å². The Morgan fingerprint density at radius 2 is 2.29 bits per heavy atom. The third kappa shape index (κ3) is 1.38. The van der Waals surface area contributed by atoms with E-state index in [-0.39, 0.29) is 11.1 Å². The highest BCUT2D eigenvalue weighted by Gasteiger charge is 2.30. The smallest absolute Gasteiger partial charge is 0.248 e. The maximum atomic E-state index is 11.2. The number of aryl methyl sites for hydroxylation is 1. The van der Waals surface area contributed by atoms with Crippen molar-refractivity contribution < 1.29 is 0 Å². The van der Waals surface area contributed by atoms with E-state index in [9.17, 15) is 4.79 Å². The number of aromatic amines is 1. The highest BCUT2D eigenvalue weighted by molar-refractivity contribution is 5.30. The molecule has 3 heteroatoms. The van der Waals surface area contributed by atoms with Crippen molar-refractivity contribution in [1.29, 1.82) is 0 Å². The molecule has 1 unspecified atom stereocenters. The van der Waals surface area contributed by atoms with Crippen LogP contribution in [0.4, 0.5) is 0 Å². The molecule has 1 aromatic rings. The van der Waals surface area contributed by atoms with Crippen molar-refractivity contribution in [2.75, 3.05) is 7.05 Å². The quantitative estimate of drug-likeness (QED) is 0.701. The van der Waals surface area contributed by atoms with Gasteiger partial charge in [-0.15, -0.1) is 0 Å². The topological polar surface area (TPSA) is 44.9 Å². The monoisotopic (exact) mass is 192 g/mol. The highest BCUT2D eigenvalue weighted by atomic mass is 16.1. The lowest BCUT2D eigenvalue weighted by Crippen LogP contribution is -2.40. The molecule has 0 saturated carbocycles. The van der Waals surface area contributed by atoms with Crippen molar-refractivity contribution in [3.63, 3.8) is 0 Å². The fourth-order valence-electron chi connectivity index (χ4n) is 2.24. The standard InChI is InChI=1S/C11H16N2O/c1-11(12-2)7-3-4-9-8(11)5-6-10(14)13-9/h5-6,12H,3-4,7H2,1-2H3,(H,13,14). The lowest BCUT2D eigenvalue weighted by atomic mass is 9.80. The first-order valence-electron chi connectivity index (χ1n) is 5.07.